The second-order valence-electron chi connectivity index (χ2n) is 3.60. The van der Waals surface area contributed by atoms with Gasteiger partial charge in [0.15, 0.2) is 0 Å². The summed E-state index contributed by atoms with van der Waals surface area (Å²) in [6, 6.07) is 0.567. The van der Waals surface area contributed by atoms with Gasteiger partial charge in [-0.3, -0.25) is 0 Å². The van der Waals surface area contributed by atoms with Crippen molar-refractivity contribution in [2.75, 3.05) is 0 Å². The molecule has 0 amide bonds. The lowest BCUT2D eigenvalue weighted by Gasteiger charge is -2.11. The normalized spacial score (nSPS) is 49.7. The van der Waals surface area contributed by atoms with Crippen LogP contribution >= 0.6 is 0 Å². The standard InChI is InChI=1S/C8H15N/c9-8-5-4-6-2-1-3-7(6)8/h6-8H,1-5,9H2/t6-,7+,8+/m1/s1. The largest absolute Gasteiger partial charge is 0.327 e. The van der Waals surface area contributed by atoms with E-state index in [1.54, 1.807) is 0 Å². The summed E-state index contributed by atoms with van der Waals surface area (Å²) in [6.07, 6.45) is 7.06. The number of nitrogens with two attached hydrogens (primary N) is 1. The molecule has 52 valence electrons. The second kappa shape index (κ2) is 1.98. The van der Waals surface area contributed by atoms with Crippen LogP contribution in [0.25, 0.3) is 0 Å². The lowest BCUT2D eigenvalue weighted by atomic mass is 9.98. The molecule has 2 aliphatic rings. The zero-order chi connectivity index (χ0) is 6.27. The number of fused-ring (bicyclic) bond motifs is 1. The molecule has 0 heterocycles. The van der Waals surface area contributed by atoms with Gasteiger partial charge in [-0.15, -0.1) is 0 Å². The van der Waals surface area contributed by atoms with Gasteiger partial charge in [0.25, 0.3) is 0 Å². The molecule has 0 saturated heterocycles. The highest BCUT2D eigenvalue weighted by atomic mass is 14.7. The molecule has 3 atom stereocenters. The third kappa shape index (κ3) is 0.787. The van der Waals surface area contributed by atoms with Crippen LogP contribution in [-0.4, -0.2) is 6.04 Å². The van der Waals surface area contributed by atoms with Crippen molar-refractivity contribution in [2.45, 2.75) is 38.1 Å². The van der Waals surface area contributed by atoms with Crippen LogP contribution < -0.4 is 5.73 Å². The molecule has 2 N–H and O–H groups in total. The van der Waals surface area contributed by atoms with Crippen LogP contribution in [0, 0.1) is 11.8 Å². The van der Waals surface area contributed by atoms with Gasteiger partial charge >= 0.3 is 0 Å². The van der Waals surface area contributed by atoms with Crippen molar-refractivity contribution in [1.29, 1.82) is 0 Å². The first-order valence-corrected chi connectivity index (χ1v) is 4.13. The van der Waals surface area contributed by atoms with Gasteiger partial charge < -0.3 is 5.73 Å². The van der Waals surface area contributed by atoms with Crippen LogP contribution in [0.2, 0.25) is 0 Å². The van der Waals surface area contributed by atoms with Crippen LogP contribution in [0.15, 0.2) is 0 Å². The van der Waals surface area contributed by atoms with Crippen LogP contribution in [0.4, 0.5) is 0 Å². The van der Waals surface area contributed by atoms with Crippen molar-refractivity contribution >= 4 is 0 Å². The summed E-state index contributed by atoms with van der Waals surface area (Å²) < 4.78 is 0. The van der Waals surface area contributed by atoms with Crippen LogP contribution in [0.3, 0.4) is 0 Å². The molecular formula is C8H15N. The molecule has 0 aromatic heterocycles. The van der Waals surface area contributed by atoms with Crippen LogP contribution in [0.1, 0.15) is 32.1 Å². The zero-order valence-electron chi connectivity index (χ0n) is 5.84. The molecule has 1 heteroatoms. The van der Waals surface area contributed by atoms with E-state index in [-0.39, 0.29) is 0 Å². The lowest BCUT2D eigenvalue weighted by molar-refractivity contribution is 0.421. The molecule has 2 aliphatic carbocycles. The van der Waals surface area contributed by atoms with Crippen molar-refractivity contribution in [2.24, 2.45) is 17.6 Å². The highest BCUT2D eigenvalue weighted by Crippen LogP contribution is 2.42. The average molecular weight is 125 g/mol. The van der Waals surface area contributed by atoms with Gasteiger partial charge in [-0.25, -0.2) is 0 Å². The Hall–Kier alpha value is -0.0400. The Morgan fingerprint density at radius 3 is 2.67 bits per heavy atom. The third-order valence-electron chi connectivity index (χ3n) is 3.14. The number of rotatable bonds is 0. The topological polar surface area (TPSA) is 26.0 Å². The second-order valence-corrected chi connectivity index (χ2v) is 3.60. The van der Waals surface area contributed by atoms with Gasteiger partial charge in [0, 0.05) is 6.04 Å². The summed E-state index contributed by atoms with van der Waals surface area (Å²) in [5.41, 5.74) is 5.92. The lowest BCUT2D eigenvalue weighted by Crippen LogP contribution is -2.24. The van der Waals surface area contributed by atoms with Gasteiger partial charge in [-0.2, -0.15) is 0 Å². The fourth-order valence-electron chi connectivity index (χ4n) is 2.61. The van der Waals surface area contributed by atoms with E-state index in [0.29, 0.717) is 6.04 Å². The maximum Gasteiger partial charge on any atom is 0.00699 e. The Kier molecular flexibility index (Phi) is 1.26. The van der Waals surface area contributed by atoms with E-state index in [9.17, 15) is 0 Å². The fraction of sp³-hybridized carbons (Fsp3) is 1.00. The number of hydrogen-bond donors (Lipinski definition) is 1. The van der Waals surface area contributed by atoms with Gasteiger partial charge in [0.05, 0.1) is 0 Å². The van der Waals surface area contributed by atoms with Crippen molar-refractivity contribution in [1.82, 2.24) is 0 Å². The molecule has 0 unspecified atom stereocenters. The summed E-state index contributed by atoms with van der Waals surface area (Å²) in [5, 5.41) is 0. The van der Waals surface area contributed by atoms with Crippen LogP contribution in [0.5, 0.6) is 0 Å². The predicted molar refractivity (Wildman–Crippen MR) is 38.0 cm³/mol. The molecule has 0 aromatic rings. The monoisotopic (exact) mass is 125 g/mol. The predicted octanol–water partition coefficient (Wildman–Crippen LogP) is 1.52. The first kappa shape index (κ1) is 5.72. The summed E-state index contributed by atoms with van der Waals surface area (Å²) in [4.78, 5) is 0. The van der Waals surface area contributed by atoms with Crippen molar-refractivity contribution in [3.63, 3.8) is 0 Å². The minimum Gasteiger partial charge on any atom is -0.327 e. The Morgan fingerprint density at radius 1 is 1.00 bits per heavy atom. The minimum atomic E-state index is 0.567. The van der Waals surface area contributed by atoms with Gasteiger partial charge in [0.1, 0.15) is 0 Å². The molecule has 1 nitrogen and oxygen atoms in total. The van der Waals surface area contributed by atoms with Gasteiger partial charge in [0.2, 0.25) is 0 Å². The quantitative estimate of drug-likeness (QED) is 0.522. The molecule has 0 spiro atoms. The van der Waals surface area contributed by atoms with Gasteiger partial charge in [-0.1, -0.05) is 12.8 Å². The Labute approximate surface area is 56.6 Å². The SMILES string of the molecule is N[C@H]1CC[C@H]2CCC[C@@H]21. The first-order chi connectivity index (χ1) is 4.38. The van der Waals surface area contributed by atoms with Crippen molar-refractivity contribution < 1.29 is 0 Å². The van der Waals surface area contributed by atoms with E-state index in [4.69, 9.17) is 5.73 Å². The first-order valence-electron chi connectivity index (χ1n) is 4.13. The maximum atomic E-state index is 5.92. The average Bonchev–Trinajstić information content (AvgIpc) is 2.35. The maximum absolute atomic E-state index is 5.92. The molecule has 0 aliphatic heterocycles. The molecule has 2 rings (SSSR count). The highest BCUT2D eigenvalue weighted by molar-refractivity contribution is 4.91. The summed E-state index contributed by atoms with van der Waals surface area (Å²) in [7, 11) is 0. The highest BCUT2D eigenvalue weighted by Gasteiger charge is 2.36. The molecule has 0 radical (unpaired) electrons. The molecular weight excluding hydrogens is 110 g/mol. The summed E-state index contributed by atoms with van der Waals surface area (Å²) >= 11 is 0. The van der Waals surface area contributed by atoms with Crippen molar-refractivity contribution in [3.8, 4) is 0 Å². The smallest absolute Gasteiger partial charge is 0.00699 e. The Balaban J connectivity index is 2.07. The summed E-state index contributed by atoms with van der Waals surface area (Å²) in [6.45, 7) is 0. The zero-order valence-corrected chi connectivity index (χ0v) is 5.84. The molecule has 2 saturated carbocycles. The molecule has 9 heavy (non-hydrogen) atoms. The third-order valence-corrected chi connectivity index (χ3v) is 3.14. The van der Waals surface area contributed by atoms with E-state index in [1.165, 1.54) is 32.1 Å². The number of hydrogen-bond acceptors (Lipinski definition) is 1. The van der Waals surface area contributed by atoms with E-state index in [0.717, 1.165) is 11.8 Å². The van der Waals surface area contributed by atoms with E-state index >= 15 is 0 Å². The van der Waals surface area contributed by atoms with Gasteiger partial charge in [-0.05, 0) is 31.1 Å². The fourth-order valence-corrected chi connectivity index (χ4v) is 2.61. The van der Waals surface area contributed by atoms with E-state index in [2.05, 4.69) is 0 Å². The molecule has 0 bridgehead atoms. The Morgan fingerprint density at radius 2 is 1.89 bits per heavy atom. The Bertz CT molecular complexity index is 111. The molecule has 2 fully saturated rings. The minimum absolute atomic E-state index is 0.567. The van der Waals surface area contributed by atoms with Crippen LogP contribution in [-0.2, 0) is 0 Å². The van der Waals surface area contributed by atoms with E-state index in [1.807, 2.05) is 0 Å². The summed E-state index contributed by atoms with van der Waals surface area (Å²) in [5.74, 6) is 1.95. The molecule has 0 aromatic carbocycles. The van der Waals surface area contributed by atoms with E-state index < -0.39 is 0 Å². The van der Waals surface area contributed by atoms with Crippen molar-refractivity contribution in [3.05, 3.63) is 0 Å².